The first-order chi connectivity index (χ1) is 8.75. The van der Waals surface area contributed by atoms with Gasteiger partial charge in [0, 0.05) is 6.42 Å². The minimum Gasteiger partial charge on any atom is -0.492 e. The molecule has 0 aromatic heterocycles. The Kier molecular flexibility index (Phi) is 4.66. The molecule has 2 aromatic rings. The normalized spacial score (nSPS) is 12.1. The van der Waals surface area contributed by atoms with Gasteiger partial charge in [0.15, 0.2) is 0 Å². The van der Waals surface area contributed by atoms with Crippen molar-refractivity contribution in [2.75, 3.05) is 6.61 Å². The van der Waals surface area contributed by atoms with Crippen LogP contribution < -0.4 is 4.74 Å². The fourth-order valence-corrected chi connectivity index (χ4v) is 1.87. The van der Waals surface area contributed by atoms with Gasteiger partial charge in [-0.05, 0) is 24.1 Å². The van der Waals surface area contributed by atoms with Gasteiger partial charge < -0.3 is 4.74 Å². The molecule has 0 saturated carbocycles. The lowest BCUT2D eigenvalue weighted by molar-refractivity contribution is 0.317. The predicted octanol–water partition coefficient (Wildman–Crippen LogP) is 4.28. The topological polar surface area (TPSA) is 9.23 Å². The quantitative estimate of drug-likeness (QED) is 0.729. The van der Waals surface area contributed by atoms with E-state index in [4.69, 9.17) is 16.3 Å². The first-order valence-corrected chi connectivity index (χ1v) is 6.58. The molecule has 0 aliphatic carbocycles. The molecular weight excluding hydrogens is 244 g/mol. The molecule has 0 heterocycles. The molecule has 1 atom stereocenters. The maximum absolute atomic E-state index is 5.92. The van der Waals surface area contributed by atoms with Crippen LogP contribution in [0.15, 0.2) is 54.6 Å². The van der Waals surface area contributed by atoms with Crippen molar-refractivity contribution >= 4 is 11.6 Å². The molecule has 0 fully saturated rings. The summed E-state index contributed by atoms with van der Waals surface area (Å²) in [5.74, 6) is 0.925. The van der Waals surface area contributed by atoms with E-state index in [2.05, 4.69) is 30.3 Å². The van der Waals surface area contributed by atoms with Crippen molar-refractivity contribution in [3.05, 3.63) is 65.7 Å². The number of alkyl halides is 1. The third kappa shape index (κ3) is 3.78. The summed E-state index contributed by atoms with van der Waals surface area (Å²) in [7, 11) is 0. The number of hydrogen-bond acceptors (Lipinski definition) is 1. The lowest BCUT2D eigenvalue weighted by Crippen LogP contribution is -2.08. The van der Waals surface area contributed by atoms with E-state index in [9.17, 15) is 0 Å². The third-order valence-electron chi connectivity index (χ3n) is 2.68. The smallest absolute Gasteiger partial charge is 0.122 e. The molecule has 0 amide bonds. The zero-order chi connectivity index (χ0) is 12.8. The van der Waals surface area contributed by atoms with Crippen LogP contribution in [0, 0.1) is 0 Å². The van der Waals surface area contributed by atoms with Crippen molar-refractivity contribution in [1.82, 2.24) is 0 Å². The van der Waals surface area contributed by atoms with Crippen LogP contribution >= 0.6 is 11.6 Å². The largest absolute Gasteiger partial charge is 0.492 e. The average molecular weight is 261 g/mol. The summed E-state index contributed by atoms with van der Waals surface area (Å²) in [4.78, 5) is 0. The summed E-state index contributed by atoms with van der Waals surface area (Å²) in [5.41, 5.74) is 2.48. The predicted molar refractivity (Wildman–Crippen MR) is 76.5 cm³/mol. The minimum atomic E-state index is 0.0229. The molecule has 2 rings (SSSR count). The molecule has 0 N–H and O–H groups in total. The van der Waals surface area contributed by atoms with Gasteiger partial charge in [0.1, 0.15) is 12.4 Å². The Morgan fingerprint density at radius 1 is 1.00 bits per heavy atom. The summed E-state index contributed by atoms with van der Waals surface area (Å²) in [5, 5.41) is 0.0229. The number of rotatable bonds is 5. The molecule has 0 unspecified atom stereocenters. The van der Waals surface area contributed by atoms with Gasteiger partial charge in [-0.2, -0.15) is 0 Å². The van der Waals surface area contributed by atoms with Crippen LogP contribution in [-0.4, -0.2) is 12.0 Å². The summed E-state index contributed by atoms with van der Waals surface area (Å²) >= 11 is 5.92. The van der Waals surface area contributed by atoms with Gasteiger partial charge in [-0.3, -0.25) is 0 Å². The second-order valence-corrected chi connectivity index (χ2v) is 5.11. The molecule has 0 bridgehead atoms. The zero-order valence-corrected chi connectivity index (χ0v) is 11.2. The lowest BCUT2D eigenvalue weighted by atomic mass is 10.0. The molecule has 0 radical (unpaired) electrons. The monoisotopic (exact) mass is 260 g/mol. The zero-order valence-electron chi connectivity index (χ0n) is 10.5. The van der Waals surface area contributed by atoms with Crippen LogP contribution in [-0.2, 0) is 6.42 Å². The van der Waals surface area contributed by atoms with E-state index < -0.39 is 0 Å². The average Bonchev–Trinajstić information content (AvgIpc) is 2.39. The second-order valence-electron chi connectivity index (χ2n) is 4.36. The summed E-state index contributed by atoms with van der Waals surface area (Å²) in [6.07, 6.45) is 0.883. The number of halogens is 1. The highest BCUT2D eigenvalue weighted by Gasteiger charge is 2.05. The van der Waals surface area contributed by atoms with E-state index in [0.29, 0.717) is 6.61 Å². The van der Waals surface area contributed by atoms with Gasteiger partial charge in [-0.15, -0.1) is 11.6 Å². The molecule has 0 spiro atoms. The highest BCUT2D eigenvalue weighted by atomic mass is 35.5. The Balaban J connectivity index is 2.12. The van der Waals surface area contributed by atoms with Crippen molar-refractivity contribution < 1.29 is 4.74 Å². The van der Waals surface area contributed by atoms with Crippen molar-refractivity contribution in [3.63, 3.8) is 0 Å². The minimum absolute atomic E-state index is 0.0229. The van der Waals surface area contributed by atoms with E-state index in [0.717, 1.165) is 12.2 Å². The number of ether oxygens (including phenoxy) is 1. The van der Waals surface area contributed by atoms with Crippen molar-refractivity contribution in [1.29, 1.82) is 0 Å². The van der Waals surface area contributed by atoms with Crippen molar-refractivity contribution in [3.8, 4) is 5.75 Å². The van der Waals surface area contributed by atoms with E-state index in [-0.39, 0.29) is 5.38 Å². The summed E-state index contributed by atoms with van der Waals surface area (Å²) < 4.78 is 5.74. The third-order valence-corrected chi connectivity index (χ3v) is 2.80. The summed E-state index contributed by atoms with van der Waals surface area (Å²) in [6, 6.07) is 18.5. The Labute approximate surface area is 113 Å². The first kappa shape index (κ1) is 13.0. The number of benzene rings is 2. The van der Waals surface area contributed by atoms with E-state index >= 15 is 0 Å². The van der Waals surface area contributed by atoms with Crippen LogP contribution in [0.2, 0.25) is 0 Å². The maximum atomic E-state index is 5.92. The van der Waals surface area contributed by atoms with Crippen molar-refractivity contribution in [2.45, 2.75) is 18.7 Å². The molecule has 0 saturated heterocycles. The molecule has 2 heteroatoms. The fraction of sp³-hybridized carbons (Fsp3) is 0.250. The molecule has 94 valence electrons. The van der Waals surface area contributed by atoms with E-state index in [1.54, 1.807) is 0 Å². The maximum Gasteiger partial charge on any atom is 0.122 e. The molecular formula is C16H17ClO. The lowest BCUT2D eigenvalue weighted by Gasteiger charge is -2.12. The van der Waals surface area contributed by atoms with Gasteiger partial charge >= 0.3 is 0 Å². The highest BCUT2D eigenvalue weighted by Crippen LogP contribution is 2.21. The SMILES string of the molecule is C[C@@H](Cl)COc1ccccc1Cc1ccccc1. The van der Waals surface area contributed by atoms with Gasteiger partial charge in [0.2, 0.25) is 0 Å². The molecule has 0 aliphatic rings. The molecule has 2 aromatic carbocycles. The van der Waals surface area contributed by atoms with Gasteiger partial charge in [-0.25, -0.2) is 0 Å². The first-order valence-electron chi connectivity index (χ1n) is 6.14. The van der Waals surface area contributed by atoms with Crippen LogP contribution in [0.1, 0.15) is 18.1 Å². The molecule has 0 aliphatic heterocycles. The highest BCUT2D eigenvalue weighted by molar-refractivity contribution is 6.20. The Hall–Kier alpha value is -1.47. The second kappa shape index (κ2) is 6.46. The number of hydrogen-bond donors (Lipinski definition) is 0. The van der Waals surface area contributed by atoms with E-state index in [1.165, 1.54) is 11.1 Å². The van der Waals surface area contributed by atoms with Crippen molar-refractivity contribution in [2.24, 2.45) is 0 Å². The fourth-order valence-electron chi connectivity index (χ4n) is 1.81. The summed E-state index contributed by atoms with van der Waals surface area (Å²) in [6.45, 7) is 2.47. The standard InChI is InChI=1S/C16H17ClO/c1-13(17)12-18-16-10-6-5-9-15(16)11-14-7-3-2-4-8-14/h2-10,13H,11-12H2,1H3/t13-/m1/s1. The Morgan fingerprint density at radius 3 is 2.39 bits per heavy atom. The van der Waals surface area contributed by atoms with Crippen LogP contribution in [0.5, 0.6) is 5.75 Å². The van der Waals surface area contributed by atoms with Crippen LogP contribution in [0.4, 0.5) is 0 Å². The number of para-hydroxylation sites is 1. The Morgan fingerprint density at radius 2 is 1.67 bits per heavy atom. The molecule has 1 nitrogen and oxygen atoms in total. The Bertz CT molecular complexity index is 479. The van der Waals surface area contributed by atoms with Gasteiger partial charge in [-0.1, -0.05) is 48.5 Å². The van der Waals surface area contributed by atoms with Gasteiger partial charge in [0.05, 0.1) is 5.38 Å². The van der Waals surface area contributed by atoms with E-state index in [1.807, 2.05) is 31.2 Å². The van der Waals surface area contributed by atoms with Gasteiger partial charge in [0.25, 0.3) is 0 Å². The molecule has 18 heavy (non-hydrogen) atoms. The van der Waals surface area contributed by atoms with Crippen LogP contribution in [0.25, 0.3) is 0 Å². The van der Waals surface area contributed by atoms with Crippen LogP contribution in [0.3, 0.4) is 0 Å².